The zero-order valence-electron chi connectivity index (χ0n) is 18.3. The Hall–Kier alpha value is -3.53. The van der Waals surface area contributed by atoms with Gasteiger partial charge in [0, 0.05) is 22.4 Å². The molecule has 1 N–H and O–H groups in total. The van der Waals surface area contributed by atoms with E-state index in [1.165, 1.54) is 12.1 Å². The molecule has 0 aliphatic heterocycles. The number of carbonyl (C=O) groups excluding carboxylic acids is 3. The van der Waals surface area contributed by atoms with Crippen molar-refractivity contribution in [3.05, 3.63) is 101 Å². The summed E-state index contributed by atoms with van der Waals surface area (Å²) in [6, 6.07) is 20.7. The molecule has 4 nitrogen and oxygen atoms in total. The number of carbonyl (C=O) groups is 3. The second-order valence-corrected chi connectivity index (χ2v) is 8.18. The van der Waals surface area contributed by atoms with Crippen LogP contribution < -0.4 is 5.32 Å². The summed E-state index contributed by atoms with van der Waals surface area (Å²) in [7, 11) is 0. The molecular formula is C27H27NO3. The number of nitrogens with one attached hydrogen (secondary N) is 1. The summed E-state index contributed by atoms with van der Waals surface area (Å²) in [5.74, 6) is -0.880. The smallest absolute Gasteiger partial charge is 0.255 e. The second kappa shape index (κ2) is 9.52. The normalized spacial score (nSPS) is 10.9. The molecule has 158 valence electrons. The van der Waals surface area contributed by atoms with E-state index in [4.69, 9.17) is 0 Å². The Morgan fingerprint density at radius 3 is 1.52 bits per heavy atom. The summed E-state index contributed by atoms with van der Waals surface area (Å²) >= 11 is 0. The van der Waals surface area contributed by atoms with Gasteiger partial charge < -0.3 is 5.32 Å². The maximum Gasteiger partial charge on any atom is 0.255 e. The largest absolute Gasteiger partial charge is 0.321 e. The summed E-state index contributed by atoms with van der Waals surface area (Å²) in [6.45, 7) is 8.39. The Balaban J connectivity index is 1.82. The van der Waals surface area contributed by atoms with E-state index in [2.05, 4.69) is 33.0 Å². The predicted octanol–water partition coefficient (Wildman–Crippen LogP) is 6.25. The molecule has 0 aliphatic rings. The average Bonchev–Trinajstić information content (AvgIpc) is 2.78. The van der Waals surface area contributed by atoms with Crippen molar-refractivity contribution in [1.82, 2.24) is 0 Å². The molecule has 0 atom stereocenters. The first-order chi connectivity index (χ1) is 14.8. The van der Waals surface area contributed by atoms with Gasteiger partial charge in [-0.3, -0.25) is 14.4 Å². The van der Waals surface area contributed by atoms with E-state index in [1.807, 2.05) is 18.2 Å². The lowest BCUT2D eigenvalue weighted by molar-refractivity contribution is 0.0817. The Labute approximate surface area is 183 Å². The van der Waals surface area contributed by atoms with Crippen molar-refractivity contribution < 1.29 is 14.4 Å². The Morgan fingerprint density at radius 1 is 0.581 bits per heavy atom. The van der Waals surface area contributed by atoms with Crippen molar-refractivity contribution in [3.63, 3.8) is 0 Å². The van der Waals surface area contributed by atoms with Gasteiger partial charge in [0.2, 0.25) is 11.6 Å². The number of hydrogen-bond donors (Lipinski definition) is 1. The topological polar surface area (TPSA) is 63.2 Å². The fourth-order valence-corrected chi connectivity index (χ4v) is 3.51. The van der Waals surface area contributed by atoms with E-state index in [1.54, 1.807) is 42.5 Å². The molecule has 4 heteroatoms. The molecule has 3 aromatic carbocycles. The number of ketones is 2. The number of rotatable bonds is 7. The molecule has 0 spiro atoms. The van der Waals surface area contributed by atoms with Crippen molar-refractivity contribution in [3.8, 4) is 0 Å². The van der Waals surface area contributed by atoms with E-state index in [-0.39, 0.29) is 23.3 Å². The van der Waals surface area contributed by atoms with Crippen LogP contribution in [0.25, 0.3) is 0 Å². The Bertz CT molecular complexity index is 1070. The number of benzene rings is 3. The van der Waals surface area contributed by atoms with Crippen LogP contribution in [0.4, 0.5) is 5.69 Å². The van der Waals surface area contributed by atoms with Crippen LogP contribution in [0.15, 0.2) is 72.8 Å². The van der Waals surface area contributed by atoms with Gasteiger partial charge in [-0.25, -0.2) is 0 Å². The highest BCUT2D eigenvalue weighted by Gasteiger charge is 2.20. The van der Waals surface area contributed by atoms with E-state index in [9.17, 15) is 14.4 Å². The minimum Gasteiger partial charge on any atom is -0.321 e. The van der Waals surface area contributed by atoms with Crippen LogP contribution in [-0.4, -0.2) is 17.5 Å². The zero-order chi connectivity index (χ0) is 22.5. The minimum absolute atomic E-state index is 0.247. The van der Waals surface area contributed by atoms with Gasteiger partial charge in [-0.15, -0.1) is 0 Å². The highest BCUT2D eigenvalue weighted by atomic mass is 16.2. The number of hydrogen-bond acceptors (Lipinski definition) is 3. The molecule has 3 aromatic rings. The molecule has 0 saturated heterocycles. The highest BCUT2D eigenvalue weighted by Crippen LogP contribution is 2.32. The van der Waals surface area contributed by atoms with Crippen molar-refractivity contribution in [2.24, 2.45) is 0 Å². The van der Waals surface area contributed by atoms with Crippen LogP contribution in [0.2, 0.25) is 0 Å². The molecular weight excluding hydrogens is 386 g/mol. The van der Waals surface area contributed by atoms with E-state index < -0.39 is 11.6 Å². The molecule has 31 heavy (non-hydrogen) atoms. The molecule has 0 heterocycles. The van der Waals surface area contributed by atoms with Gasteiger partial charge >= 0.3 is 0 Å². The maximum absolute atomic E-state index is 12.9. The van der Waals surface area contributed by atoms with Gasteiger partial charge in [0.05, 0.1) is 0 Å². The van der Waals surface area contributed by atoms with Gasteiger partial charge in [-0.2, -0.15) is 0 Å². The quantitative estimate of drug-likeness (QED) is 0.368. The molecule has 0 unspecified atom stereocenters. The number of amides is 1. The third-order valence-electron chi connectivity index (χ3n) is 5.26. The Kier molecular flexibility index (Phi) is 6.81. The lowest BCUT2D eigenvalue weighted by Gasteiger charge is -2.20. The van der Waals surface area contributed by atoms with E-state index in [0.29, 0.717) is 11.1 Å². The van der Waals surface area contributed by atoms with Gasteiger partial charge in [0.1, 0.15) is 0 Å². The summed E-state index contributed by atoms with van der Waals surface area (Å²) in [5.41, 5.74) is 4.05. The van der Waals surface area contributed by atoms with Crippen molar-refractivity contribution in [2.75, 3.05) is 5.32 Å². The van der Waals surface area contributed by atoms with Crippen molar-refractivity contribution in [1.29, 1.82) is 0 Å². The zero-order valence-corrected chi connectivity index (χ0v) is 18.3. The SMILES string of the molecule is CC(C)c1cccc(C(C)C)c1NC(=O)c1ccc(C(=O)C(=O)c2ccccc2)cc1. The minimum atomic E-state index is -0.592. The molecule has 0 radical (unpaired) electrons. The summed E-state index contributed by atoms with van der Waals surface area (Å²) in [4.78, 5) is 37.8. The predicted molar refractivity (Wildman–Crippen MR) is 124 cm³/mol. The first kappa shape index (κ1) is 22.2. The van der Waals surface area contributed by atoms with Crippen LogP contribution >= 0.6 is 0 Å². The molecule has 3 rings (SSSR count). The standard InChI is InChI=1S/C27H27NO3/c1-17(2)22-11-8-12-23(18(3)4)24(22)28-27(31)21-15-13-20(14-16-21)26(30)25(29)19-9-6-5-7-10-19/h5-18H,1-4H3,(H,28,31). The van der Waals surface area contributed by atoms with Crippen molar-refractivity contribution >= 4 is 23.2 Å². The van der Waals surface area contributed by atoms with Gasteiger partial charge in [-0.1, -0.05) is 88.4 Å². The van der Waals surface area contributed by atoms with Crippen LogP contribution in [0.3, 0.4) is 0 Å². The van der Waals surface area contributed by atoms with Crippen LogP contribution in [-0.2, 0) is 0 Å². The molecule has 0 bridgehead atoms. The third kappa shape index (κ3) is 4.97. The summed E-state index contributed by atoms with van der Waals surface area (Å²) < 4.78 is 0. The molecule has 0 aromatic heterocycles. The van der Waals surface area contributed by atoms with Gasteiger partial charge in [0.15, 0.2) is 0 Å². The third-order valence-corrected chi connectivity index (χ3v) is 5.26. The number of Topliss-reactive ketones (excluding diaryl/α,β-unsaturated/α-hetero) is 2. The monoisotopic (exact) mass is 413 g/mol. The first-order valence-corrected chi connectivity index (χ1v) is 10.5. The van der Waals surface area contributed by atoms with Gasteiger partial charge in [0.25, 0.3) is 5.91 Å². The Morgan fingerprint density at radius 2 is 1.03 bits per heavy atom. The number of anilines is 1. The molecule has 0 saturated carbocycles. The van der Waals surface area contributed by atoms with Crippen LogP contribution in [0.1, 0.15) is 81.7 Å². The maximum atomic E-state index is 12.9. The molecule has 0 fully saturated rings. The summed E-state index contributed by atoms with van der Waals surface area (Å²) in [5, 5.41) is 3.06. The highest BCUT2D eigenvalue weighted by molar-refractivity contribution is 6.49. The molecule has 1 amide bonds. The average molecular weight is 414 g/mol. The van der Waals surface area contributed by atoms with Crippen molar-refractivity contribution in [2.45, 2.75) is 39.5 Å². The van der Waals surface area contributed by atoms with E-state index >= 15 is 0 Å². The van der Waals surface area contributed by atoms with Crippen LogP contribution in [0.5, 0.6) is 0 Å². The lowest BCUT2D eigenvalue weighted by Crippen LogP contribution is -2.17. The first-order valence-electron chi connectivity index (χ1n) is 10.5. The second-order valence-electron chi connectivity index (χ2n) is 8.18. The number of para-hydroxylation sites is 1. The van der Waals surface area contributed by atoms with Gasteiger partial charge in [-0.05, 0) is 35.1 Å². The molecule has 0 aliphatic carbocycles. The lowest BCUT2D eigenvalue weighted by atomic mass is 9.92. The summed E-state index contributed by atoms with van der Waals surface area (Å²) in [6.07, 6.45) is 0. The van der Waals surface area contributed by atoms with Crippen LogP contribution in [0, 0.1) is 0 Å². The fraction of sp³-hybridized carbons (Fsp3) is 0.222. The fourth-order valence-electron chi connectivity index (χ4n) is 3.51. The van der Waals surface area contributed by atoms with E-state index in [0.717, 1.165) is 16.8 Å².